The molecule has 0 fully saturated rings. The lowest BCUT2D eigenvalue weighted by atomic mass is 9.98. The Morgan fingerprint density at radius 3 is 2.57 bits per heavy atom. The van der Waals surface area contributed by atoms with Crippen LogP contribution in [0.5, 0.6) is 0 Å². The van der Waals surface area contributed by atoms with Gasteiger partial charge in [-0.05, 0) is 36.5 Å². The van der Waals surface area contributed by atoms with Gasteiger partial charge in [-0.15, -0.1) is 0 Å². The number of hydrogen-bond donors (Lipinski definition) is 2. The molecule has 0 saturated carbocycles. The number of nitrogens with one attached hydrogen (secondary N) is 1. The molecule has 2 rings (SSSR count). The Labute approximate surface area is 126 Å². The van der Waals surface area contributed by atoms with Crippen molar-refractivity contribution < 1.29 is 4.79 Å². The van der Waals surface area contributed by atoms with Crippen LogP contribution in [0, 0.1) is 6.92 Å². The summed E-state index contributed by atoms with van der Waals surface area (Å²) in [4.78, 5) is 12.1. The standard InChI is InChI=1S/C18H22N2O/c1-13(15-8-4-3-5-9-15)11-12-20-18(21)16-10-6-7-14(2)17(16)19/h3-10,13H,11-12,19H2,1-2H3,(H,20,21). The number of amides is 1. The summed E-state index contributed by atoms with van der Waals surface area (Å²) in [7, 11) is 0. The molecule has 1 unspecified atom stereocenters. The summed E-state index contributed by atoms with van der Waals surface area (Å²) in [5.41, 5.74) is 9.29. The molecular weight excluding hydrogens is 260 g/mol. The number of anilines is 1. The van der Waals surface area contributed by atoms with Crippen molar-refractivity contribution in [1.29, 1.82) is 0 Å². The number of nitrogens with two attached hydrogens (primary N) is 1. The van der Waals surface area contributed by atoms with E-state index in [4.69, 9.17) is 5.73 Å². The molecule has 0 spiro atoms. The Balaban J connectivity index is 1.89. The van der Waals surface area contributed by atoms with Crippen molar-refractivity contribution in [3.05, 3.63) is 65.2 Å². The van der Waals surface area contributed by atoms with Crippen LogP contribution in [0.25, 0.3) is 0 Å². The second-order valence-electron chi connectivity index (χ2n) is 5.39. The zero-order chi connectivity index (χ0) is 15.2. The van der Waals surface area contributed by atoms with Gasteiger partial charge in [0.15, 0.2) is 0 Å². The van der Waals surface area contributed by atoms with E-state index in [-0.39, 0.29) is 5.91 Å². The van der Waals surface area contributed by atoms with Crippen LogP contribution in [-0.4, -0.2) is 12.5 Å². The smallest absolute Gasteiger partial charge is 0.253 e. The zero-order valence-corrected chi connectivity index (χ0v) is 12.6. The van der Waals surface area contributed by atoms with Crippen molar-refractivity contribution >= 4 is 11.6 Å². The minimum absolute atomic E-state index is 0.100. The van der Waals surface area contributed by atoms with Crippen molar-refractivity contribution in [1.82, 2.24) is 5.32 Å². The van der Waals surface area contributed by atoms with Gasteiger partial charge >= 0.3 is 0 Å². The van der Waals surface area contributed by atoms with Crippen molar-refractivity contribution in [3.63, 3.8) is 0 Å². The Kier molecular flexibility index (Phi) is 4.99. The van der Waals surface area contributed by atoms with Crippen molar-refractivity contribution in [2.75, 3.05) is 12.3 Å². The van der Waals surface area contributed by atoms with Crippen LogP contribution >= 0.6 is 0 Å². The molecule has 21 heavy (non-hydrogen) atoms. The average molecular weight is 282 g/mol. The summed E-state index contributed by atoms with van der Waals surface area (Å²) in [5.74, 6) is 0.317. The molecule has 1 amide bonds. The van der Waals surface area contributed by atoms with Crippen LogP contribution in [0.4, 0.5) is 5.69 Å². The van der Waals surface area contributed by atoms with Gasteiger partial charge in [0.1, 0.15) is 0 Å². The molecule has 110 valence electrons. The average Bonchev–Trinajstić information content (AvgIpc) is 2.50. The normalized spacial score (nSPS) is 11.9. The molecule has 0 aliphatic carbocycles. The van der Waals surface area contributed by atoms with Gasteiger partial charge in [0.2, 0.25) is 0 Å². The third-order valence-corrected chi connectivity index (χ3v) is 3.80. The second-order valence-corrected chi connectivity index (χ2v) is 5.39. The van der Waals surface area contributed by atoms with Crippen LogP contribution in [0.1, 0.15) is 40.7 Å². The van der Waals surface area contributed by atoms with E-state index in [2.05, 4.69) is 24.4 Å². The van der Waals surface area contributed by atoms with Crippen molar-refractivity contribution in [2.45, 2.75) is 26.2 Å². The number of hydrogen-bond acceptors (Lipinski definition) is 2. The van der Waals surface area contributed by atoms with Crippen LogP contribution in [0.15, 0.2) is 48.5 Å². The first-order valence-corrected chi connectivity index (χ1v) is 7.28. The lowest BCUT2D eigenvalue weighted by Crippen LogP contribution is -2.26. The van der Waals surface area contributed by atoms with E-state index in [9.17, 15) is 4.79 Å². The van der Waals surface area contributed by atoms with E-state index >= 15 is 0 Å². The molecule has 0 aliphatic heterocycles. The first-order chi connectivity index (χ1) is 10.1. The number of carbonyl (C=O) groups is 1. The molecule has 0 saturated heterocycles. The van der Waals surface area contributed by atoms with Gasteiger partial charge in [-0.25, -0.2) is 0 Å². The van der Waals surface area contributed by atoms with Gasteiger partial charge in [-0.2, -0.15) is 0 Å². The highest BCUT2D eigenvalue weighted by Gasteiger charge is 2.11. The molecular formula is C18H22N2O. The van der Waals surface area contributed by atoms with E-state index in [1.807, 2.05) is 37.3 Å². The van der Waals surface area contributed by atoms with E-state index < -0.39 is 0 Å². The zero-order valence-electron chi connectivity index (χ0n) is 12.6. The fourth-order valence-electron chi connectivity index (χ4n) is 2.32. The summed E-state index contributed by atoms with van der Waals surface area (Å²) < 4.78 is 0. The predicted molar refractivity (Wildman–Crippen MR) is 87.4 cm³/mol. The number of para-hydroxylation sites is 1. The minimum Gasteiger partial charge on any atom is -0.398 e. The quantitative estimate of drug-likeness (QED) is 0.825. The van der Waals surface area contributed by atoms with Gasteiger partial charge in [-0.3, -0.25) is 4.79 Å². The Morgan fingerprint density at radius 1 is 1.14 bits per heavy atom. The first-order valence-electron chi connectivity index (χ1n) is 7.28. The molecule has 0 aromatic heterocycles. The fourth-order valence-corrected chi connectivity index (χ4v) is 2.32. The Hall–Kier alpha value is -2.29. The molecule has 1 atom stereocenters. The highest BCUT2D eigenvalue weighted by molar-refractivity contribution is 5.99. The summed E-state index contributed by atoms with van der Waals surface area (Å²) in [6.45, 7) is 4.72. The largest absolute Gasteiger partial charge is 0.398 e. The van der Waals surface area contributed by atoms with Crippen molar-refractivity contribution in [2.24, 2.45) is 0 Å². The third kappa shape index (κ3) is 3.85. The maximum atomic E-state index is 12.1. The molecule has 0 heterocycles. The van der Waals surface area contributed by atoms with Gasteiger partial charge < -0.3 is 11.1 Å². The maximum Gasteiger partial charge on any atom is 0.253 e. The SMILES string of the molecule is Cc1cccc(C(=O)NCCC(C)c2ccccc2)c1N. The maximum absolute atomic E-state index is 12.1. The van der Waals surface area contributed by atoms with Gasteiger partial charge in [0.25, 0.3) is 5.91 Å². The molecule has 0 radical (unpaired) electrons. The topological polar surface area (TPSA) is 55.1 Å². The molecule has 2 aromatic carbocycles. The molecule has 2 aromatic rings. The van der Waals surface area contributed by atoms with E-state index in [0.29, 0.717) is 23.7 Å². The summed E-state index contributed by atoms with van der Waals surface area (Å²) in [5, 5.41) is 2.95. The molecule has 3 nitrogen and oxygen atoms in total. The number of benzene rings is 2. The molecule has 0 aliphatic rings. The van der Waals surface area contributed by atoms with E-state index in [1.54, 1.807) is 6.07 Å². The van der Waals surface area contributed by atoms with Crippen LogP contribution < -0.4 is 11.1 Å². The first kappa shape index (κ1) is 15.1. The summed E-state index contributed by atoms with van der Waals surface area (Å²) >= 11 is 0. The summed E-state index contributed by atoms with van der Waals surface area (Å²) in [6, 6.07) is 15.8. The highest BCUT2D eigenvalue weighted by Crippen LogP contribution is 2.18. The van der Waals surface area contributed by atoms with Crippen LogP contribution in [-0.2, 0) is 0 Å². The Bertz CT molecular complexity index is 608. The fraction of sp³-hybridized carbons (Fsp3) is 0.278. The van der Waals surface area contributed by atoms with Gasteiger partial charge in [0, 0.05) is 12.2 Å². The number of rotatable bonds is 5. The minimum atomic E-state index is -0.100. The number of aryl methyl sites for hydroxylation is 1. The monoisotopic (exact) mass is 282 g/mol. The van der Waals surface area contributed by atoms with Crippen LogP contribution in [0.2, 0.25) is 0 Å². The van der Waals surface area contributed by atoms with E-state index in [1.165, 1.54) is 5.56 Å². The van der Waals surface area contributed by atoms with Crippen LogP contribution in [0.3, 0.4) is 0 Å². The predicted octanol–water partition coefficient (Wildman–Crippen LogP) is 3.50. The molecule has 0 bridgehead atoms. The molecule has 3 heteroatoms. The lowest BCUT2D eigenvalue weighted by molar-refractivity contribution is 0.0953. The van der Waals surface area contributed by atoms with E-state index in [0.717, 1.165) is 12.0 Å². The second kappa shape index (κ2) is 6.93. The van der Waals surface area contributed by atoms with Gasteiger partial charge in [0.05, 0.1) is 5.56 Å². The van der Waals surface area contributed by atoms with Gasteiger partial charge in [-0.1, -0.05) is 49.4 Å². The Morgan fingerprint density at radius 2 is 1.86 bits per heavy atom. The number of carbonyl (C=O) groups excluding carboxylic acids is 1. The number of nitrogen functional groups attached to an aromatic ring is 1. The summed E-state index contributed by atoms with van der Waals surface area (Å²) in [6.07, 6.45) is 0.904. The van der Waals surface area contributed by atoms with Crippen molar-refractivity contribution in [3.8, 4) is 0 Å². The highest BCUT2D eigenvalue weighted by atomic mass is 16.1. The third-order valence-electron chi connectivity index (χ3n) is 3.80. The lowest BCUT2D eigenvalue weighted by Gasteiger charge is -2.13. The molecule has 3 N–H and O–H groups in total.